The van der Waals surface area contributed by atoms with Gasteiger partial charge in [-0.25, -0.2) is 14.4 Å². The number of ether oxygens (including phenoxy) is 1. The Morgan fingerprint density at radius 3 is 2.45 bits per heavy atom. The number of hydrogen-bond acceptors (Lipinski definition) is 5. The van der Waals surface area contributed by atoms with E-state index < -0.39 is 0 Å². The van der Waals surface area contributed by atoms with Crippen LogP contribution in [0.4, 0.5) is 10.2 Å². The van der Waals surface area contributed by atoms with Crippen LogP contribution >= 0.6 is 23.2 Å². The van der Waals surface area contributed by atoms with Crippen LogP contribution < -0.4 is 9.64 Å². The fourth-order valence-corrected chi connectivity index (χ4v) is 3.77. The number of piperazine rings is 1. The number of halogens is 3. The second-order valence-corrected chi connectivity index (χ2v) is 7.84. The number of carbonyl (C=O) groups is 1. The van der Waals surface area contributed by atoms with E-state index in [1.165, 1.54) is 18.5 Å². The molecule has 2 heterocycles. The van der Waals surface area contributed by atoms with E-state index >= 15 is 0 Å². The molecule has 0 radical (unpaired) electrons. The highest BCUT2D eigenvalue weighted by Crippen LogP contribution is 2.27. The van der Waals surface area contributed by atoms with Crippen molar-refractivity contribution in [3.63, 3.8) is 0 Å². The van der Waals surface area contributed by atoms with Crippen LogP contribution in [0.3, 0.4) is 0 Å². The quantitative estimate of drug-likeness (QED) is 0.567. The third-order valence-electron chi connectivity index (χ3n) is 4.99. The molecule has 6 nitrogen and oxygen atoms in total. The molecule has 0 aliphatic carbocycles. The second kappa shape index (κ2) is 9.49. The maximum absolute atomic E-state index is 13.2. The van der Waals surface area contributed by atoms with Gasteiger partial charge in [-0.05, 0) is 42.5 Å². The molecule has 2 aromatic carbocycles. The number of nitrogens with zero attached hydrogens (tertiary/aromatic N) is 4. The van der Waals surface area contributed by atoms with E-state index in [0.29, 0.717) is 42.0 Å². The van der Waals surface area contributed by atoms with Crippen LogP contribution in [0.1, 0.15) is 0 Å². The highest BCUT2D eigenvalue weighted by atomic mass is 35.5. The molecule has 1 amide bonds. The van der Waals surface area contributed by atoms with Gasteiger partial charge in [-0.3, -0.25) is 4.79 Å². The van der Waals surface area contributed by atoms with Crippen molar-refractivity contribution in [2.45, 2.75) is 0 Å². The molecule has 1 aromatic heterocycles. The van der Waals surface area contributed by atoms with Crippen LogP contribution in [0.5, 0.6) is 5.75 Å². The lowest BCUT2D eigenvalue weighted by molar-refractivity contribution is -0.133. The van der Waals surface area contributed by atoms with Gasteiger partial charge in [0.2, 0.25) is 0 Å². The molecule has 1 fully saturated rings. The van der Waals surface area contributed by atoms with Crippen LogP contribution in [0.15, 0.2) is 54.9 Å². The average Bonchev–Trinajstić information content (AvgIpc) is 2.79. The molecule has 4 rings (SSSR count). The third-order valence-corrected chi connectivity index (χ3v) is 5.52. The summed E-state index contributed by atoms with van der Waals surface area (Å²) in [5.41, 5.74) is 1.54. The maximum atomic E-state index is 13.2. The maximum Gasteiger partial charge on any atom is 0.260 e. The topological polar surface area (TPSA) is 58.6 Å². The minimum atomic E-state index is -0.291. The SMILES string of the molecule is O=C(COc1ccc(Cl)cc1Cl)N1CCN(c2cc(-c3ccc(F)cc3)ncn2)CC1. The normalized spacial score (nSPS) is 13.9. The van der Waals surface area contributed by atoms with Crippen LogP contribution in [-0.2, 0) is 4.79 Å². The van der Waals surface area contributed by atoms with Gasteiger partial charge in [0.15, 0.2) is 6.61 Å². The number of aromatic nitrogens is 2. The third kappa shape index (κ3) is 5.24. The Balaban J connectivity index is 1.33. The van der Waals surface area contributed by atoms with Crippen LogP contribution in [0.2, 0.25) is 10.0 Å². The summed E-state index contributed by atoms with van der Waals surface area (Å²) in [7, 11) is 0. The van der Waals surface area contributed by atoms with Crippen LogP contribution in [0, 0.1) is 5.82 Å². The molecular formula is C22H19Cl2FN4O2. The fourth-order valence-electron chi connectivity index (χ4n) is 3.31. The smallest absolute Gasteiger partial charge is 0.260 e. The summed E-state index contributed by atoms with van der Waals surface area (Å²) in [6.45, 7) is 2.27. The molecule has 9 heteroatoms. The molecule has 0 unspecified atom stereocenters. The number of hydrogen-bond donors (Lipinski definition) is 0. The summed E-state index contributed by atoms with van der Waals surface area (Å²) in [5, 5.41) is 0.873. The van der Waals surface area contributed by atoms with E-state index in [2.05, 4.69) is 14.9 Å². The van der Waals surface area contributed by atoms with Gasteiger partial charge >= 0.3 is 0 Å². The van der Waals surface area contributed by atoms with E-state index in [-0.39, 0.29) is 18.3 Å². The summed E-state index contributed by atoms with van der Waals surface area (Å²) in [5.74, 6) is 0.791. The van der Waals surface area contributed by atoms with Gasteiger partial charge in [0.25, 0.3) is 5.91 Å². The van der Waals surface area contributed by atoms with E-state index in [0.717, 1.165) is 17.1 Å². The molecule has 0 spiro atoms. The fraction of sp³-hybridized carbons (Fsp3) is 0.227. The molecule has 160 valence electrons. The van der Waals surface area contributed by atoms with Crippen molar-refractivity contribution in [3.05, 3.63) is 70.7 Å². The zero-order valence-corrected chi connectivity index (χ0v) is 18.0. The van der Waals surface area contributed by atoms with Crippen molar-refractivity contribution >= 4 is 34.9 Å². The summed E-state index contributed by atoms with van der Waals surface area (Å²) >= 11 is 12.0. The summed E-state index contributed by atoms with van der Waals surface area (Å²) in [6.07, 6.45) is 1.50. The Bertz CT molecular complexity index is 1070. The largest absolute Gasteiger partial charge is 0.482 e. The van der Waals surface area contributed by atoms with Gasteiger partial charge in [-0.2, -0.15) is 0 Å². The van der Waals surface area contributed by atoms with Crippen LogP contribution in [-0.4, -0.2) is 53.6 Å². The molecular weight excluding hydrogens is 442 g/mol. The predicted molar refractivity (Wildman–Crippen MR) is 118 cm³/mol. The molecule has 3 aromatic rings. The monoisotopic (exact) mass is 460 g/mol. The standard InChI is InChI=1S/C22H19Cl2FN4O2/c23-16-3-6-20(18(24)11-16)31-13-22(30)29-9-7-28(8-10-29)21-12-19(26-14-27-21)15-1-4-17(25)5-2-15/h1-6,11-12,14H,7-10,13H2. The molecule has 0 N–H and O–H groups in total. The van der Waals surface area contributed by atoms with E-state index in [9.17, 15) is 9.18 Å². The van der Waals surface area contributed by atoms with Gasteiger partial charge in [-0.1, -0.05) is 23.2 Å². The minimum absolute atomic E-state index is 0.0937. The summed E-state index contributed by atoms with van der Waals surface area (Å²) < 4.78 is 18.7. The Morgan fingerprint density at radius 1 is 1.00 bits per heavy atom. The molecule has 1 saturated heterocycles. The first-order valence-corrected chi connectivity index (χ1v) is 10.4. The van der Waals surface area contributed by atoms with Crippen LogP contribution in [0.25, 0.3) is 11.3 Å². The second-order valence-electron chi connectivity index (χ2n) is 7.00. The van der Waals surface area contributed by atoms with Gasteiger partial charge in [0.1, 0.15) is 23.7 Å². The minimum Gasteiger partial charge on any atom is -0.482 e. The van der Waals surface area contributed by atoms with Crippen molar-refractivity contribution in [2.75, 3.05) is 37.7 Å². The van der Waals surface area contributed by atoms with E-state index in [1.54, 1.807) is 35.2 Å². The first-order chi connectivity index (χ1) is 15.0. The zero-order valence-electron chi connectivity index (χ0n) is 16.5. The average molecular weight is 461 g/mol. The van der Waals surface area contributed by atoms with Gasteiger partial charge < -0.3 is 14.5 Å². The van der Waals surface area contributed by atoms with Crippen molar-refractivity contribution in [1.29, 1.82) is 0 Å². The van der Waals surface area contributed by atoms with Crippen molar-refractivity contribution in [1.82, 2.24) is 14.9 Å². The number of anilines is 1. The lowest BCUT2D eigenvalue weighted by Gasteiger charge is -2.35. The molecule has 0 bridgehead atoms. The predicted octanol–water partition coefficient (Wildman–Crippen LogP) is 4.32. The molecule has 0 saturated carbocycles. The molecule has 1 aliphatic rings. The number of benzene rings is 2. The molecule has 1 aliphatic heterocycles. The highest BCUT2D eigenvalue weighted by molar-refractivity contribution is 6.35. The summed E-state index contributed by atoms with van der Waals surface area (Å²) in [4.78, 5) is 25.0. The number of carbonyl (C=O) groups excluding carboxylic acids is 1. The lowest BCUT2D eigenvalue weighted by atomic mass is 10.1. The molecule has 31 heavy (non-hydrogen) atoms. The van der Waals surface area contributed by atoms with Gasteiger partial charge in [-0.15, -0.1) is 0 Å². The van der Waals surface area contributed by atoms with E-state index in [4.69, 9.17) is 27.9 Å². The van der Waals surface area contributed by atoms with Gasteiger partial charge in [0, 0.05) is 42.8 Å². The number of amides is 1. The summed E-state index contributed by atoms with van der Waals surface area (Å²) in [6, 6.07) is 12.9. The first kappa shape index (κ1) is 21.3. The Labute approximate surface area is 189 Å². The van der Waals surface area contributed by atoms with Crippen molar-refractivity contribution < 1.29 is 13.9 Å². The Morgan fingerprint density at radius 2 is 1.74 bits per heavy atom. The molecule has 0 atom stereocenters. The Hall–Kier alpha value is -2.90. The van der Waals surface area contributed by atoms with Crippen molar-refractivity contribution in [2.24, 2.45) is 0 Å². The van der Waals surface area contributed by atoms with Crippen molar-refractivity contribution in [3.8, 4) is 17.0 Å². The first-order valence-electron chi connectivity index (χ1n) is 9.68. The number of rotatable bonds is 5. The van der Waals surface area contributed by atoms with Gasteiger partial charge in [0.05, 0.1) is 10.7 Å². The Kier molecular flexibility index (Phi) is 6.53. The van der Waals surface area contributed by atoms with E-state index in [1.807, 2.05) is 6.07 Å². The zero-order chi connectivity index (χ0) is 21.8. The lowest BCUT2D eigenvalue weighted by Crippen LogP contribution is -2.50. The highest BCUT2D eigenvalue weighted by Gasteiger charge is 2.23.